The van der Waals surface area contributed by atoms with Gasteiger partial charge in [-0.2, -0.15) is 0 Å². The number of halogens is 1. The van der Waals surface area contributed by atoms with E-state index in [0.29, 0.717) is 5.56 Å². The molecule has 0 fully saturated rings. The lowest BCUT2D eigenvalue weighted by atomic mass is 10.1. The summed E-state index contributed by atoms with van der Waals surface area (Å²) in [6.07, 6.45) is -0.00356. The molecule has 0 atom stereocenters. The fourth-order valence-electron chi connectivity index (χ4n) is 2.30. The fraction of sp³-hybridized carbons (Fsp3) is 0.222. The Hall–Kier alpha value is -3.29. The van der Waals surface area contributed by atoms with Crippen molar-refractivity contribution in [1.29, 1.82) is 0 Å². The molecule has 0 unspecified atom stereocenters. The maximum atomic E-state index is 13.1. The molecular weight excluding hydrogens is 343 g/mol. The van der Waals surface area contributed by atoms with E-state index in [2.05, 4.69) is 4.74 Å². The molecule has 1 amide bonds. The standard InChI is InChI=1S/C18H17FN2O5/c1-26-17(22)10-11-20(12-13-2-6-15(19)7-3-13)18(23)14-4-8-16(9-5-14)21(24)25/h2-9H,10-12H2,1H3. The number of amides is 1. The Labute approximate surface area is 149 Å². The van der Waals surface area contributed by atoms with Crippen molar-refractivity contribution < 1.29 is 23.6 Å². The molecule has 26 heavy (non-hydrogen) atoms. The first-order chi connectivity index (χ1) is 12.4. The summed E-state index contributed by atoms with van der Waals surface area (Å²) in [5.41, 5.74) is 0.815. The van der Waals surface area contributed by atoms with Gasteiger partial charge in [0.05, 0.1) is 18.5 Å². The molecule has 0 aliphatic heterocycles. The fourth-order valence-corrected chi connectivity index (χ4v) is 2.30. The van der Waals surface area contributed by atoms with Crippen LogP contribution >= 0.6 is 0 Å². The van der Waals surface area contributed by atoms with Crippen LogP contribution in [0.1, 0.15) is 22.3 Å². The Morgan fingerprint density at radius 2 is 1.73 bits per heavy atom. The van der Waals surface area contributed by atoms with E-state index in [1.54, 1.807) is 12.1 Å². The first kappa shape index (κ1) is 19.0. The monoisotopic (exact) mass is 360 g/mol. The number of nitro benzene ring substituents is 1. The molecule has 136 valence electrons. The highest BCUT2D eigenvalue weighted by Crippen LogP contribution is 2.16. The normalized spacial score (nSPS) is 10.2. The van der Waals surface area contributed by atoms with Crippen LogP contribution in [-0.4, -0.2) is 35.4 Å². The molecule has 0 aliphatic carbocycles. The molecule has 2 aromatic rings. The summed E-state index contributed by atoms with van der Waals surface area (Å²) in [6, 6.07) is 10.8. The maximum Gasteiger partial charge on any atom is 0.307 e. The van der Waals surface area contributed by atoms with Crippen molar-refractivity contribution in [3.63, 3.8) is 0 Å². The van der Waals surface area contributed by atoms with Gasteiger partial charge >= 0.3 is 5.97 Å². The van der Waals surface area contributed by atoms with Crippen molar-refractivity contribution in [3.8, 4) is 0 Å². The van der Waals surface area contributed by atoms with Gasteiger partial charge in [-0.25, -0.2) is 4.39 Å². The van der Waals surface area contributed by atoms with E-state index in [4.69, 9.17) is 0 Å². The number of esters is 1. The third kappa shape index (κ3) is 5.10. The molecule has 0 aliphatic rings. The summed E-state index contributed by atoms with van der Waals surface area (Å²) in [7, 11) is 1.25. The predicted molar refractivity (Wildman–Crippen MR) is 90.9 cm³/mol. The van der Waals surface area contributed by atoms with Crippen molar-refractivity contribution in [3.05, 3.63) is 75.6 Å². The van der Waals surface area contributed by atoms with Gasteiger partial charge < -0.3 is 9.64 Å². The van der Waals surface area contributed by atoms with Gasteiger partial charge in [0.25, 0.3) is 11.6 Å². The summed E-state index contributed by atoms with van der Waals surface area (Å²) in [5, 5.41) is 10.7. The Morgan fingerprint density at radius 1 is 1.12 bits per heavy atom. The number of benzene rings is 2. The summed E-state index contributed by atoms with van der Waals surface area (Å²) in [5.74, 6) is -1.25. The lowest BCUT2D eigenvalue weighted by Gasteiger charge is -2.22. The van der Waals surface area contributed by atoms with Gasteiger partial charge in [0.1, 0.15) is 5.82 Å². The zero-order valence-corrected chi connectivity index (χ0v) is 14.1. The van der Waals surface area contributed by atoms with Crippen LogP contribution in [0, 0.1) is 15.9 Å². The summed E-state index contributed by atoms with van der Waals surface area (Å²) < 4.78 is 17.6. The average Bonchev–Trinajstić information content (AvgIpc) is 2.65. The molecule has 0 radical (unpaired) electrons. The van der Waals surface area contributed by atoms with Gasteiger partial charge in [-0.1, -0.05) is 12.1 Å². The zero-order valence-electron chi connectivity index (χ0n) is 14.1. The smallest absolute Gasteiger partial charge is 0.307 e. The molecule has 2 aromatic carbocycles. The summed E-state index contributed by atoms with van der Waals surface area (Å²) in [4.78, 5) is 35.7. The van der Waals surface area contributed by atoms with E-state index in [9.17, 15) is 24.1 Å². The van der Waals surface area contributed by atoms with Crippen LogP contribution in [0.5, 0.6) is 0 Å². The molecule has 2 rings (SSSR count). The highest BCUT2D eigenvalue weighted by molar-refractivity contribution is 5.94. The second-order valence-corrected chi connectivity index (χ2v) is 5.48. The van der Waals surface area contributed by atoms with Crippen molar-refractivity contribution in [2.24, 2.45) is 0 Å². The third-order valence-electron chi connectivity index (χ3n) is 3.71. The van der Waals surface area contributed by atoms with Gasteiger partial charge in [-0.15, -0.1) is 0 Å². The van der Waals surface area contributed by atoms with Crippen LogP contribution in [-0.2, 0) is 16.1 Å². The van der Waals surface area contributed by atoms with Crippen LogP contribution < -0.4 is 0 Å². The number of ether oxygens (including phenoxy) is 1. The Bertz CT molecular complexity index is 790. The minimum absolute atomic E-state index is 0.00356. The van der Waals surface area contributed by atoms with Crippen LogP contribution in [0.15, 0.2) is 48.5 Å². The molecule has 7 nitrogen and oxygen atoms in total. The van der Waals surface area contributed by atoms with Crippen molar-refractivity contribution in [1.82, 2.24) is 4.90 Å². The molecule has 8 heteroatoms. The topological polar surface area (TPSA) is 89.8 Å². The molecule has 0 spiro atoms. The van der Waals surface area contributed by atoms with Crippen LogP contribution in [0.3, 0.4) is 0 Å². The van der Waals surface area contributed by atoms with Crippen LogP contribution in [0.4, 0.5) is 10.1 Å². The van der Waals surface area contributed by atoms with E-state index in [1.165, 1.54) is 48.4 Å². The average molecular weight is 360 g/mol. The Morgan fingerprint density at radius 3 is 2.27 bits per heavy atom. The van der Waals surface area contributed by atoms with Crippen molar-refractivity contribution in [2.75, 3.05) is 13.7 Å². The summed E-state index contributed by atoms with van der Waals surface area (Å²) >= 11 is 0. The lowest BCUT2D eigenvalue weighted by molar-refractivity contribution is -0.384. The van der Waals surface area contributed by atoms with Gasteiger partial charge in [0, 0.05) is 30.8 Å². The van der Waals surface area contributed by atoms with Crippen molar-refractivity contribution in [2.45, 2.75) is 13.0 Å². The number of hydrogen-bond donors (Lipinski definition) is 0. The third-order valence-corrected chi connectivity index (χ3v) is 3.71. The largest absolute Gasteiger partial charge is 0.469 e. The number of rotatable bonds is 7. The minimum atomic E-state index is -0.554. The van der Waals surface area contributed by atoms with Crippen LogP contribution in [0.25, 0.3) is 0 Å². The zero-order chi connectivity index (χ0) is 19.1. The van der Waals surface area contributed by atoms with Crippen molar-refractivity contribution >= 4 is 17.6 Å². The quantitative estimate of drug-likeness (QED) is 0.430. The van der Waals surface area contributed by atoms with Gasteiger partial charge in [-0.3, -0.25) is 19.7 Å². The van der Waals surface area contributed by atoms with E-state index >= 15 is 0 Å². The molecule has 0 saturated carbocycles. The molecule has 0 N–H and O–H groups in total. The maximum absolute atomic E-state index is 13.1. The van der Waals surface area contributed by atoms with Gasteiger partial charge in [0.15, 0.2) is 0 Å². The number of methoxy groups -OCH3 is 1. The second-order valence-electron chi connectivity index (χ2n) is 5.48. The number of hydrogen-bond acceptors (Lipinski definition) is 5. The number of nitro groups is 1. The molecule has 0 bridgehead atoms. The Balaban J connectivity index is 2.20. The first-order valence-electron chi connectivity index (χ1n) is 7.75. The molecule has 0 aromatic heterocycles. The van der Waals surface area contributed by atoms with E-state index in [1.807, 2.05) is 0 Å². The van der Waals surface area contributed by atoms with E-state index in [0.717, 1.165) is 0 Å². The lowest BCUT2D eigenvalue weighted by Crippen LogP contribution is -2.32. The highest BCUT2D eigenvalue weighted by atomic mass is 19.1. The minimum Gasteiger partial charge on any atom is -0.469 e. The van der Waals surface area contributed by atoms with Gasteiger partial charge in [-0.05, 0) is 29.8 Å². The first-order valence-corrected chi connectivity index (χ1v) is 7.75. The molecule has 0 heterocycles. The number of carbonyl (C=O) groups is 2. The highest BCUT2D eigenvalue weighted by Gasteiger charge is 2.19. The Kier molecular flexibility index (Phi) is 6.37. The molecular formula is C18H17FN2O5. The van der Waals surface area contributed by atoms with E-state index < -0.39 is 22.6 Å². The number of nitrogens with zero attached hydrogens (tertiary/aromatic N) is 2. The SMILES string of the molecule is COC(=O)CCN(Cc1ccc(F)cc1)C(=O)c1ccc([N+](=O)[O-])cc1. The second kappa shape index (κ2) is 8.70. The summed E-state index contributed by atoms with van der Waals surface area (Å²) in [6.45, 7) is 0.257. The molecule has 0 saturated heterocycles. The van der Waals surface area contributed by atoms with E-state index in [-0.39, 0.29) is 30.8 Å². The predicted octanol–water partition coefficient (Wildman–Crippen LogP) is 2.94. The van der Waals surface area contributed by atoms with Gasteiger partial charge in [0.2, 0.25) is 0 Å². The van der Waals surface area contributed by atoms with Crippen LogP contribution in [0.2, 0.25) is 0 Å². The number of non-ortho nitro benzene ring substituents is 1. The number of carbonyl (C=O) groups excluding carboxylic acids is 2.